The lowest BCUT2D eigenvalue weighted by Crippen LogP contribution is -2.33. The van der Waals surface area contributed by atoms with Gasteiger partial charge in [-0.3, -0.25) is 4.79 Å². The minimum Gasteiger partial charge on any atom is -0.372 e. The van der Waals surface area contributed by atoms with Crippen molar-refractivity contribution in [3.8, 4) is 0 Å². The molecule has 0 saturated heterocycles. The molecule has 0 heterocycles. The highest BCUT2D eigenvalue weighted by Crippen LogP contribution is 2.12. The van der Waals surface area contributed by atoms with E-state index < -0.39 is 0 Å². The molecule has 0 aliphatic heterocycles. The highest BCUT2D eigenvalue weighted by molar-refractivity contribution is 5.78. The smallest absolute Gasteiger partial charge is 0.222 e. The quantitative estimate of drug-likeness (QED) is 0.651. The van der Waals surface area contributed by atoms with Crippen molar-refractivity contribution in [3.63, 3.8) is 0 Å². The number of rotatable bonds is 10. The Morgan fingerprint density at radius 2 is 2.00 bits per heavy atom. The minimum absolute atomic E-state index is 0.0601. The summed E-state index contributed by atoms with van der Waals surface area (Å²) in [6.45, 7) is 7.44. The third-order valence-electron chi connectivity index (χ3n) is 3.70. The van der Waals surface area contributed by atoms with E-state index in [1.54, 1.807) is 0 Å². The average Bonchev–Trinajstić information content (AvgIpc) is 2.53. The molecule has 1 atom stereocenters. The summed E-state index contributed by atoms with van der Waals surface area (Å²) < 4.78 is 0. The number of benzene rings is 1. The molecule has 0 saturated carbocycles. The Morgan fingerprint density at radius 3 is 2.62 bits per heavy atom. The van der Waals surface area contributed by atoms with Crippen LogP contribution in [0.15, 0.2) is 30.3 Å². The maximum atomic E-state index is 11.9. The molecule has 1 unspecified atom stereocenters. The monoisotopic (exact) mass is 291 g/mol. The van der Waals surface area contributed by atoms with Crippen molar-refractivity contribution in [1.29, 1.82) is 0 Å². The molecular weight excluding hydrogens is 262 g/mol. The van der Waals surface area contributed by atoms with E-state index in [0.717, 1.165) is 38.9 Å². The molecule has 1 rings (SSSR count). The summed E-state index contributed by atoms with van der Waals surface area (Å²) in [5.41, 5.74) is 6.70. The number of nitrogens with zero attached hydrogens (tertiary/aromatic N) is 1. The Kier molecular flexibility index (Phi) is 8.51. The maximum Gasteiger partial charge on any atom is 0.222 e. The van der Waals surface area contributed by atoms with E-state index in [-0.39, 0.29) is 11.8 Å². The van der Waals surface area contributed by atoms with Crippen LogP contribution in [-0.2, 0) is 4.79 Å². The highest BCUT2D eigenvalue weighted by Gasteiger charge is 2.11. The van der Waals surface area contributed by atoms with Gasteiger partial charge in [0, 0.05) is 31.2 Å². The zero-order valence-corrected chi connectivity index (χ0v) is 13.3. The predicted molar refractivity (Wildman–Crippen MR) is 89.4 cm³/mol. The molecule has 3 N–H and O–H groups in total. The van der Waals surface area contributed by atoms with Crippen molar-refractivity contribution in [3.05, 3.63) is 30.3 Å². The molecule has 0 bridgehead atoms. The molecule has 4 nitrogen and oxygen atoms in total. The Morgan fingerprint density at radius 1 is 1.29 bits per heavy atom. The van der Waals surface area contributed by atoms with Crippen molar-refractivity contribution in [1.82, 2.24) is 5.32 Å². The summed E-state index contributed by atoms with van der Waals surface area (Å²) >= 11 is 0. The van der Waals surface area contributed by atoms with Crippen LogP contribution in [0.1, 0.15) is 33.1 Å². The summed E-state index contributed by atoms with van der Waals surface area (Å²) in [6, 6.07) is 10.4. The van der Waals surface area contributed by atoms with Crippen LogP contribution in [0, 0.1) is 5.92 Å². The summed E-state index contributed by atoms with van der Waals surface area (Å²) in [4.78, 5) is 14.2. The van der Waals surface area contributed by atoms with Gasteiger partial charge in [0.25, 0.3) is 0 Å². The van der Waals surface area contributed by atoms with Crippen LogP contribution in [0.5, 0.6) is 0 Å². The molecule has 0 fully saturated rings. The second kappa shape index (κ2) is 10.2. The van der Waals surface area contributed by atoms with Crippen molar-refractivity contribution in [2.24, 2.45) is 11.7 Å². The molecule has 118 valence electrons. The lowest BCUT2D eigenvalue weighted by Gasteiger charge is -2.23. The predicted octanol–water partition coefficient (Wildman–Crippen LogP) is 2.39. The van der Waals surface area contributed by atoms with Crippen LogP contribution in [-0.4, -0.2) is 32.1 Å². The van der Waals surface area contributed by atoms with E-state index in [2.05, 4.69) is 41.4 Å². The van der Waals surface area contributed by atoms with E-state index in [9.17, 15) is 4.79 Å². The number of nitrogens with one attached hydrogen (secondary N) is 1. The van der Waals surface area contributed by atoms with E-state index in [0.29, 0.717) is 6.54 Å². The third-order valence-corrected chi connectivity index (χ3v) is 3.70. The highest BCUT2D eigenvalue weighted by atomic mass is 16.1. The molecular formula is C17H29N3O. The van der Waals surface area contributed by atoms with Crippen molar-refractivity contribution >= 4 is 11.6 Å². The molecule has 0 aromatic heterocycles. The number of hydrogen-bond acceptors (Lipinski definition) is 3. The number of carbonyl (C=O) groups is 1. The van der Waals surface area contributed by atoms with Crippen molar-refractivity contribution in [2.45, 2.75) is 33.1 Å². The SMILES string of the molecule is CCN(CCCNC(=O)C(C)CCCN)c1ccccc1. The first-order chi connectivity index (χ1) is 10.2. The fourth-order valence-corrected chi connectivity index (χ4v) is 2.32. The molecule has 21 heavy (non-hydrogen) atoms. The van der Waals surface area contributed by atoms with Gasteiger partial charge in [-0.2, -0.15) is 0 Å². The van der Waals surface area contributed by atoms with E-state index in [1.165, 1.54) is 5.69 Å². The lowest BCUT2D eigenvalue weighted by atomic mass is 10.1. The van der Waals surface area contributed by atoms with Gasteiger partial charge in [-0.15, -0.1) is 0 Å². The normalized spacial score (nSPS) is 12.0. The van der Waals surface area contributed by atoms with Crippen LogP contribution in [0.4, 0.5) is 5.69 Å². The first kappa shape index (κ1) is 17.5. The average molecular weight is 291 g/mol. The van der Waals surface area contributed by atoms with Gasteiger partial charge in [0.15, 0.2) is 0 Å². The number of anilines is 1. The summed E-state index contributed by atoms with van der Waals surface area (Å²) in [7, 11) is 0. The van der Waals surface area contributed by atoms with Crippen LogP contribution >= 0.6 is 0 Å². The maximum absolute atomic E-state index is 11.9. The van der Waals surface area contributed by atoms with Crippen molar-refractivity contribution < 1.29 is 4.79 Å². The van der Waals surface area contributed by atoms with Gasteiger partial charge in [-0.1, -0.05) is 25.1 Å². The Hall–Kier alpha value is -1.55. The Bertz CT molecular complexity index is 394. The topological polar surface area (TPSA) is 58.4 Å². The van der Waals surface area contributed by atoms with E-state index in [4.69, 9.17) is 5.73 Å². The van der Waals surface area contributed by atoms with Crippen LogP contribution < -0.4 is 16.0 Å². The molecule has 0 radical (unpaired) electrons. The van der Waals surface area contributed by atoms with E-state index in [1.807, 2.05) is 13.0 Å². The van der Waals surface area contributed by atoms with E-state index >= 15 is 0 Å². The summed E-state index contributed by atoms with van der Waals surface area (Å²) in [5.74, 6) is 0.205. The molecule has 0 aliphatic rings. The van der Waals surface area contributed by atoms with Gasteiger partial charge in [0.2, 0.25) is 5.91 Å². The number of carbonyl (C=O) groups excluding carboxylic acids is 1. The molecule has 4 heteroatoms. The first-order valence-electron chi connectivity index (χ1n) is 7.96. The molecule has 0 spiro atoms. The fraction of sp³-hybridized carbons (Fsp3) is 0.588. The molecule has 0 aliphatic carbocycles. The third kappa shape index (κ3) is 6.63. The number of nitrogens with two attached hydrogens (primary N) is 1. The lowest BCUT2D eigenvalue weighted by molar-refractivity contribution is -0.124. The largest absolute Gasteiger partial charge is 0.372 e. The number of amides is 1. The standard InChI is InChI=1S/C17H29N3O/c1-3-20(16-10-5-4-6-11-16)14-8-13-19-17(21)15(2)9-7-12-18/h4-6,10-11,15H,3,7-9,12-14,18H2,1-2H3,(H,19,21). The zero-order chi connectivity index (χ0) is 15.5. The van der Waals surface area contributed by atoms with Crippen LogP contribution in [0.2, 0.25) is 0 Å². The van der Waals surface area contributed by atoms with Crippen LogP contribution in [0.3, 0.4) is 0 Å². The van der Waals surface area contributed by atoms with Gasteiger partial charge >= 0.3 is 0 Å². The molecule has 1 amide bonds. The molecule has 1 aromatic carbocycles. The van der Waals surface area contributed by atoms with Gasteiger partial charge < -0.3 is 16.0 Å². The fourth-order valence-electron chi connectivity index (χ4n) is 2.32. The molecule has 1 aromatic rings. The second-order valence-electron chi connectivity index (χ2n) is 5.39. The number of para-hydroxylation sites is 1. The Labute approximate surface area is 128 Å². The number of hydrogen-bond donors (Lipinski definition) is 2. The Balaban J connectivity index is 2.25. The summed E-state index contributed by atoms with van der Waals surface area (Å²) in [6.07, 6.45) is 2.73. The van der Waals surface area contributed by atoms with Gasteiger partial charge in [-0.25, -0.2) is 0 Å². The van der Waals surface area contributed by atoms with Gasteiger partial charge in [0.05, 0.1) is 0 Å². The van der Waals surface area contributed by atoms with Gasteiger partial charge in [-0.05, 0) is 44.9 Å². The second-order valence-corrected chi connectivity index (χ2v) is 5.39. The van der Waals surface area contributed by atoms with Gasteiger partial charge in [0.1, 0.15) is 0 Å². The first-order valence-corrected chi connectivity index (χ1v) is 7.96. The summed E-state index contributed by atoms with van der Waals surface area (Å²) in [5, 5.41) is 3.02. The minimum atomic E-state index is 0.0601. The zero-order valence-electron chi connectivity index (χ0n) is 13.3. The van der Waals surface area contributed by atoms with Crippen LogP contribution in [0.25, 0.3) is 0 Å². The van der Waals surface area contributed by atoms with Crippen molar-refractivity contribution in [2.75, 3.05) is 31.1 Å².